The third kappa shape index (κ3) is 63.4. The number of hydrogen-bond donors (Lipinski definition) is 0. The molecule has 0 nitrogen and oxygen atoms in total. The van der Waals surface area contributed by atoms with Crippen LogP contribution >= 0.6 is 0 Å². The van der Waals surface area contributed by atoms with Crippen LogP contribution in [0, 0.1) is 13.2 Å². The second-order valence-electron chi connectivity index (χ2n) is 0.385. The molecular formula is C4H4V5-2. The summed E-state index contributed by atoms with van der Waals surface area (Å²) < 4.78 is 0. The number of rotatable bonds is 1. The third-order valence-electron chi connectivity index (χ3n) is 0.111. The molecule has 0 aromatic carbocycles. The first-order valence-electron chi connectivity index (χ1n) is 1.00. The zero-order valence-corrected chi connectivity index (χ0v) is 11.5. The fraction of sp³-hybridized carbons (Fsp3) is 0. The molecule has 0 aromatic heterocycles. The first-order chi connectivity index (χ1) is 1.91. The van der Waals surface area contributed by atoms with E-state index in [1.165, 1.54) is 12.2 Å². The van der Waals surface area contributed by atoms with Crippen LogP contribution in [-0.4, -0.2) is 0 Å². The molecule has 0 saturated heterocycles. The van der Waals surface area contributed by atoms with E-state index in [9.17, 15) is 0 Å². The summed E-state index contributed by atoms with van der Waals surface area (Å²) in [5.41, 5.74) is 0. The Labute approximate surface area is 116 Å². The molecule has 0 aliphatic carbocycles. The van der Waals surface area contributed by atoms with Crippen molar-refractivity contribution in [3.05, 3.63) is 25.3 Å². The molecule has 0 rings (SSSR count). The molecule has 5 radical (unpaired) electrons. The molecule has 0 bridgehead atoms. The minimum atomic E-state index is 0. The van der Waals surface area contributed by atoms with Gasteiger partial charge in [0, 0.05) is 92.8 Å². The van der Waals surface area contributed by atoms with E-state index in [0.29, 0.717) is 0 Å². The van der Waals surface area contributed by atoms with Crippen molar-refractivity contribution >= 4 is 0 Å². The smallest absolute Gasteiger partial charge is 0 e. The maximum absolute atomic E-state index is 4.72. The average molecular weight is 307 g/mol. The van der Waals surface area contributed by atoms with E-state index in [0.717, 1.165) is 0 Å². The predicted molar refractivity (Wildman–Crippen MR) is 17.7 cm³/mol. The molecule has 0 saturated carbocycles. The Balaban J connectivity index is -0.00000000450. The Bertz CT molecular complexity index is 29.9. The van der Waals surface area contributed by atoms with Crippen molar-refractivity contribution in [1.29, 1.82) is 0 Å². The average Bonchev–Trinajstić information content (AvgIpc) is 1.37. The zero-order valence-electron chi connectivity index (χ0n) is 4.55. The minimum Gasteiger partial charge on any atom is -0.394 e. The van der Waals surface area contributed by atoms with E-state index in [-0.39, 0.29) is 92.8 Å². The van der Waals surface area contributed by atoms with Crippen LogP contribution in [0.3, 0.4) is 0 Å². The molecular weight excluding hydrogens is 303 g/mol. The Hall–Kier alpha value is 2.40. The Morgan fingerprint density at radius 3 is 0.667 bits per heavy atom. The molecule has 0 aliphatic rings. The van der Waals surface area contributed by atoms with Crippen LogP contribution < -0.4 is 0 Å². The summed E-state index contributed by atoms with van der Waals surface area (Å²) in [6, 6.07) is 0. The number of hydrogen-bond acceptors (Lipinski definition) is 0. The van der Waals surface area contributed by atoms with Gasteiger partial charge >= 0.3 is 0 Å². The van der Waals surface area contributed by atoms with Crippen LogP contribution in [0.25, 0.3) is 0 Å². The van der Waals surface area contributed by atoms with E-state index in [4.69, 9.17) is 13.2 Å². The van der Waals surface area contributed by atoms with Gasteiger partial charge in [0.05, 0.1) is 0 Å². The maximum atomic E-state index is 4.72. The van der Waals surface area contributed by atoms with Crippen molar-refractivity contribution in [2.75, 3.05) is 0 Å². The first-order valence-corrected chi connectivity index (χ1v) is 1.00. The van der Waals surface area contributed by atoms with Crippen molar-refractivity contribution in [1.82, 2.24) is 0 Å². The minimum absolute atomic E-state index is 0. The summed E-state index contributed by atoms with van der Waals surface area (Å²) in [7, 11) is 0. The van der Waals surface area contributed by atoms with Crippen LogP contribution in [-0.2, 0) is 92.8 Å². The third-order valence-corrected chi connectivity index (χ3v) is 0.111. The van der Waals surface area contributed by atoms with Gasteiger partial charge in [-0.05, 0) is 0 Å². The van der Waals surface area contributed by atoms with E-state index in [1.807, 2.05) is 0 Å². The van der Waals surface area contributed by atoms with Crippen LogP contribution in [0.2, 0.25) is 0 Å². The molecule has 5 heteroatoms. The van der Waals surface area contributed by atoms with Gasteiger partial charge in [0.25, 0.3) is 0 Å². The standard InChI is InChI=1S/C4H4.5V/c1-3-4-2;;;;;/h1-4H;;;;;/q-2;;;;;. The van der Waals surface area contributed by atoms with Gasteiger partial charge in [-0.25, -0.2) is 0 Å². The summed E-state index contributed by atoms with van der Waals surface area (Å²) in [4.78, 5) is 0. The molecule has 0 N–H and O–H groups in total. The zero-order chi connectivity index (χ0) is 3.41. The number of allylic oxidation sites excluding steroid dienone is 2. The normalized spacial score (nSPS) is 2.22. The van der Waals surface area contributed by atoms with Crippen molar-refractivity contribution in [2.45, 2.75) is 0 Å². The van der Waals surface area contributed by atoms with Gasteiger partial charge in [0.15, 0.2) is 0 Å². The predicted octanol–water partition coefficient (Wildman–Crippen LogP) is 0.952. The van der Waals surface area contributed by atoms with Gasteiger partial charge in [-0.2, -0.15) is 0 Å². The van der Waals surface area contributed by atoms with Gasteiger partial charge in [-0.15, -0.1) is 0 Å². The van der Waals surface area contributed by atoms with Crippen LogP contribution in [0.5, 0.6) is 0 Å². The maximum Gasteiger partial charge on any atom is 0 e. The van der Waals surface area contributed by atoms with Crippen molar-refractivity contribution in [2.24, 2.45) is 0 Å². The molecule has 0 spiro atoms. The quantitative estimate of drug-likeness (QED) is 0.500. The van der Waals surface area contributed by atoms with E-state index >= 15 is 0 Å². The summed E-state index contributed by atoms with van der Waals surface area (Å²) in [6.07, 6.45) is 2.56. The van der Waals surface area contributed by atoms with Gasteiger partial charge < -0.3 is 25.3 Å². The second-order valence-corrected chi connectivity index (χ2v) is 0.385. The van der Waals surface area contributed by atoms with Gasteiger partial charge in [0.2, 0.25) is 0 Å². The SMILES string of the molecule is [CH-]=CC=[CH-].[V].[V].[V].[V].[V]. The molecule has 47 valence electrons. The monoisotopic (exact) mass is 307 g/mol. The summed E-state index contributed by atoms with van der Waals surface area (Å²) in [6.45, 7) is 9.44. The Morgan fingerprint density at radius 1 is 0.556 bits per heavy atom. The summed E-state index contributed by atoms with van der Waals surface area (Å²) in [5.74, 6) is 0. The van der Waals surface area contributed by atoms with Crippen LogP contribution in [0.15, 0.2) is 12.2 Å². The molecule has 0 fully saturated rings. The van der Waals surface area contributed by atoms with E-state index < -0.39 is 0 Å². The Morgan fingerprint density at radius 2 is 0.667 bits per heavy atom. The van der Waals surface area contributed by atoms with Crippen molar-refractivity contribution in [3.8, 4) is 0 Å². The largest absolute Gasteiger partial charge is 0.394 e. The fourth-order valence-corrected chi connectivity index (χ4v) is 0. The fourth-order valence-electron chi connectivity index (χ4n) is 0. The Kier molecular flexibility index (Phi) is 223. The topological polar surface area (TPSA) is 0 Å². The molecule has 0 heterocycles. The molecule has 0 atom stereocenters. The van der Waals surface area contributed by atoms with Gasteiger partial charge in [-0.3, -0.25) is 0 Å². The van der Waals surface area contributed by atoms with E-state index in [1.54, 1.807) is 0 Å². The van der Waals surface area contributed by atoms with Crippen molar-refractivity contribution in [3.63, 3.8) is 0 Å². The second kappa shape index (κ2) is 47.5. The molecule has 0 amide bonds. The molecule has 0 unspecified atom stereocenters. The van der Waals surface area contributed by atoms with Gasteiger partial charge in [-0.1, -0.05) is 0 Å². The van der Waals surface area contributed by atoms with Crippen molar-refractivity contribution < 1.29 is 92.8 Å². The van der Waals surface area contributed by atoms with Gasteiger partial charge in [0.1, 0.15) is 0 Å². The summed E-state index contributed by atoms with van der Waals surface area (Å²) in [5, 5.41) is 0. The van der Waals surface area contributed by atoms with E-state index in [2.05, 4.69) is 0 Å². The molecule has 0 aromatic rings. The first kappa shape index (κ1) is 42.3. The summed E-state index contributed by atoms with van der Waals surface area (Å²) >= 11 is 0. The van der Waals surface area contributed by atoms with Crippen LogP contribution in [0.4, 0.5) is 0 Å². The molecule has 0 aliphatic heterocycles. The molecule has 9 heavy (non-hydrogen) atoms. The van der Waals surface area contributed by atoms with Crippen LogP contribution in [0.1, 0.15) is 0 Å².